The molecule has 0 radical (unpaired) electrons. The molecule has 0 aromatic carbocycles. The number of rotatable bonds is 3. The van der Waals surface area contributed by atoms with Gasteiger partial charge in [0.05, 0.1) is 11.5 Å². The first-order valence-electron chi connectivity index (χ1n) is 5.74. The molecule has 0 aromatic heterocycles. The Labute approximate surface area is 93.7 Å². The molecule has 1 aliphatic rings. The molecule has 3 nitrogen and oxygen atoms in total. The predicted octanol–water partition coefficient (Wildman–Crippen LogP) is 1.56. The Hall–Kier alpha value is -0.590. The molecule has 0 spiro atoms. The second kappa shape index (κ2) is 4.96. The van der Waals surface area contributed by atoms with Crippen molar-refractivity contribution in [1.29, 1.82) is 5.26 Å². The Balaban J connectivity index is 2.46. The molecular weight excluding hydrogens is 186 g/mol. The zero-order valence-corrected chi connectivity index (χ0v) is 10.5. The van der Waals surface area contributed by atoms with Crippen molar-refractivity contribution >= 4 is 0 Å². The molecular formula is C12H23N3. The Kier molecular flexibility index (Phi) is 4.12. The highest BCUT2D eigenvalue weighted by Crippen LogP contribution is 2.19. The van der Waals surface area contributed by atoms with Crippen LogP contribution in [0.2, 0.25) is 0 Å². The van der Waals surface area contributed by atoms with E-state index in [9.17, 15) is 0 Å². The fourth-order valence-electron chi connectivity index (χ4n) is 2.29. The molecule has 1 heterocycles. The molecule has 0 saturated carbocycles. The van der Waals surface area contributed by atoms with Crippen LogP contribution >= 0.6 is 0 Å². The first kappa shape index (κ1) is 12.5. The molecule has 1 rings (SSSR count). The highest BCUT2D eigenvalue weighted by Gasteiger charge is 2.26. The maximum absolute atomic E-state index is 9.01. The van der Waals surface area contributed by atoms with E-state index in [0.29, 0.717) is 6.04 Å². The van der Waals surface area contributed by atoms with E-state index in [-0.39, 0.29) is 5.41 Å². The molecule has 0 aromatic rings. The molecule has 1 unspecified atom stereocenters. The number of likely N-dealkylation sites (N-methyl/N-ethyl adjacent to an activating group) is 2. The summed E-state index contributed by atoms with van der Waals surface area (Å²) in [6.45, 7) is 7.23. The maximum Gasteiger partial charge on any atom is 0.0697 e. The lowest BCUT2D eigenvalue weighted by Gasteiger charge is -2.37. The van der Waals surface area contributed by atoms with Crippen molar-refractivity contribution in [3.8, 4) is 6.07 Å². The Morgan fingerprint density at radius 2 is 2.20 bits per heavy atom. The van der Waals surface area contributed by atoms with Crippen molar-refractivity contribution in [2.75, 3.05) is 33.7 Å². The van der Waals surface area contributed by atoms with Gasteiger partial charge in [-0.1, -0.05) is 0 Å². The van der Waals surface area contributed by atoms with Gasteiger partial charge >= 0.3 is 0 Å². The van der Waals surface area contributed by atoms with Crippen LogP contribution in [0.15, 0.2) is 0 Å². The molecule has 15 heavy (non-hydrogen) atoms. The lowest BCUT2D eigenvalue weighted by atomic mass is 9.93. The summed E-state index contributed by atoms with van der Waals surface area (Å²) in [4.78, 5) is 4.73. The quantitative estimate of drug-likeness (QED) is 0.706. The molecule has 3 heteroatoms. The number of hydrogen-bond acceptors (Lipinski definition) is 3. The second-order valence-corrected chi connectivity index (χ2v) is 5.47. The number of likely N-dealkylation sites (tertiary alicyclic amines) is 1. The number of hydrogen-bond donors (Lipinski definition) is 0. The minimum atomic E-state index is -0.231. The largest absolute Gasteiger partial charge is 0.305 e. The van der Waals surface area contributed by atoms with Crippen LogP contribution in [0.5, 0.6) is 0 Å². The highest BCUT2D eigenvalue weighted by atomic mass is 15.2. The molecule has 1 atom stereocenters. The minimum absolute atomic E-state index is 0.231. The van der Waals surface area contributed by atoms with E-state index in [0.717, 1.165) is 13.1 Å². The van der Waals surface area contributed by atoms with Gasteiger partial charge in [0.15, 0.2) is 0 Å². The molecule has 0 aliphatic carbocycles. The second-order valence-electron chi connectivity index (χ2n) is 5.47. The fraction of sp³-hybridized carbons (Fsp3) is 0.917. The summed E-state index contributed by atoms with van der Waals surface area (Å²) in [5, 5.41) is 9.01. The van der Waals surface area contributed by atoms with E-state index in [1.807, 2.05) is 13.8 Å². The molecule has 0 amide bonds. The molecule has 1 fully saturated rings. The van der Waals surface area contributed by atoms with Gasteiger partial charge in [-0.15, -0.1) is 0 Å². The lowest BCUT2D eigenvalue weighted by Crippen LogP contribution is -2.47. The van der Waals surface area contributed by atoms with Gasteiger partial charge in [0, 0.05) is 19.1 Å². The normalized spacial score (nSPS) is 24.1. The zero-order valence-electron chi connectivity index (χ0n) is 10.5. The summed E-state index contributed by atoms with van der Waals surface area (Å²) < 4.78 is 0. The van der Waals surface area contributed by atoms with Gasteiger partial charge in [-0.3, -0.25) is 0 Å². The zero-order chi connectivity index (χ0) is 11.5. The van der Waals surface area contributed by atoms with E-state index >= 15 is 0 Å². The van der Waals surface area contributed by atoms with Gasteiger partial charge in [0.2, 0.25) is 0 Å². The Bertz CT molecular complexity index is 242. The predicted molar refractivity (Wildman–Crippen MR) is 62.5 cm³/mol. The third kappa shape index (κ3) is 3.81. The molecule has 0 bridgehead atoms. The van der Waals surface area contributed by atoms with Crippen LogP contribution in [0, 0.1) is 16.7 Å². The molecule has 1 aliphatic heterocycles. The average molecular weight is 209 g/mol. The van der Waals surface area contributed by atoms with E-state index in [4.69, 9.17) is 5.26 Å². The first-order chi connectivity index (χ1) is 6.94. The van der Waals surface area contributed by atoms with Gasteiger partial charge in [-0.05, 0) is 47.3 Å². The van der Waals surface area contributed by atoms with Crippen molar-refractivity contribution in [3.05, 3.63) is 0 Å². The summed E-state index contributed by atoms with van der Waals surface area (Å²) in [5.41, 5.74) is -0.231. The van der Waals surface area contributed by atoms with Crippen molar-refractivity contribution in [2.24, 2.45) is 5.41 Å². The standard InChI is InChI=1S/C12H23N3/c1-12(2,9-13)10-15(4)11-6-5-7-14(3)8-11/h11H,5-8,10H2,1-4H3. The summed E-state index contributed by atoms with van der Waals surface area (Å²) in [5.74, 6) is 0. The Morgan fingerprint density at radius 1 is 1.53 bits per heavy atom. The number of nitrogens with zero attached hydrogens (tertiary/aromatic N) is 3. The summed E-state index contributed by atoms with van der Waals surface area (Å²) in [6, 6.07) is 2.99. The van der Waals surface area contributed by atoms with Crippen LogP contribution in [0.25, 0.3) is 0 Å². The van der Waals surface area contributed by atoms with Crippen molar-refractivity contribution in [3.63, 3.8) is 0 Å². The fourth-order valence-corrected chi connectivity index (χ4v) is 2.29. The van der Waals surface area contributed by atoms with Crippen molar-refractivity contribution in [1.82, 2.24) is 9.80 Å². The average Bonchev–Trinajstić information content (AvgIpc) is 2.17. The van der Waals surface area contributed by atoms with Gasteiger partial charge in [-0.25, -0.2) is 0 Å². The SMILES string of the molecule is CN1CCCC(N(C)CC(C)(C)C#N)C1. The highest BCUT2D eigenvalue weighted by molar-refractivity contribution is 4.95. The third-order valence-corrected chi connectivity index (χ3v) is 3.17. The van der Waals surface area contributed by atoms with Crippen molar-refractivity contribution in [2.45, 2.75) is 32.7 Å². The van der Waals surface area contributed by atoms with E-state index in [1.54, 1.807) is 0 Å². The van der Waals surface area contributed by atoms with Crippen LogP contribution in [-0.4, -0.2) is 49.6 Å². The summed E-state index contributed by atoms with van der Waals surface area (Å²) in [6.07, 6.45) is 2.54. The first-order valence-corrected chi connectivity index (χ1v) is 5.74. The lowest BCUT2D eigenvalue weighted by molar-refractivity contribution is 0.113. The van der Waals surface area contributed by atoms with Crippen LogP contribution in [0.4, 0.5) is 0 Å². The number of nitriles is 1. The molecule has 0 N–H and O–H groups in total. The third-order valence-electron chi connectivity index (χ3n) is 3.17. The molecule has 86 valence electrons. The smallest absolute Gasteiger partial charge is 0.0697 e. The summed E-state index contributed by atoms with van der Waals surface area (Å²) in [7, 11) is 4.32. The van der Waals surface area contributed by atoms with Crippen LogP contribution < -0.4 is 0 Å². The van der Waals surface area contributed by atoms with E-state index in [2.05, 4.69) is 30.0 Å². The van der Waals surface area contributed by atoms with Crippen LogP contribution in [0.3, 0.4) is 0 Å². The molecule has 1 saturated heterocycles. The minimum Gasteiger partial charge on any atom is -0.305 e. The Morgan fingerprint density at radius 3 is 2.73 bits per heavy atom. The van der Waals surface area contributed by atoms with Crippen molar-refractivity contribution < 1.29 is 0 Å². The monoisotopic (exact) mass is 209 g/mol. The van der Waals surface area contributed by atoms with E-state index in [1.165, 1.54) is 19.4 Å². The van der Waals surface area contributed by atoms with Gasteiger partial charge in [-0.2, -0.15) is 5.26 Å². The van der Waals surface area contributed by atoms with Crippen LogP contribution in [-0.2, 0) is 0 Å². The topological polar surface area (TPSA) is 30.3 Å². The summed E-state index contributed by atoms with van der Waals surface area (Å²) >= 11 is 0. The van der Waals surface area contributed by atoms with E-state index < -0.39 is 0 Å². The van der Waals surface area contributed by atoms with Gasteiger partial charge in [0.1, 0.15) is 0 Å². The maximum atomic E-state index is 9.01. The van der Waals surface area contributed by atoms with Gasteiger partial charge < -0.3 is 9.80 Å². The number of piperidine rings is 1. The van der Waals surface area contributed by atoms with Crippen LogP contribution in [0.1, 0.15) is 26.7 Å². The van der Waals surface area contributed by atoms with Gasteiger partial charge in [0.25, 0.3) is 0 Å².